The first-order valence-electron chi connectivity index (χ1n) is 17.4. The predicted molar refractivity (Wildman–Crippen MR) is 209 cm³/mol. The zero-order valence-corrected chi connectivity index (χ0v) is 28.6. The highest BCUT2D eigenvalue weighted by Crippen LogP contribution is 2.50. The molecule has 50 heavy (non-hydrogen) atoms. The van der Waals surface area contributed by atoms with E-state index in [1.807, 2.05) is 24.5 Å². The third kappa shape index (κ3) is 3.92. The maximum atomic E-state index is 5.21. The lowest BCUT2D eigenvalue weighted by molar-refractivity contribution is 0.659. The van der Waals surface area contributed by atoms with Crippen LogP contribution in [-0.2, 0) is 5.41 Å². The first kappa shape index (κ1) is 28.9. The van der Waals surface area contributed by atoms with E-state index in [1.165, 1.54) is 82.4 Å². The molecular formula is C47H35N3. The van der Waals surface area contributed by atoms with Gasteiger partial charge in [0.1, 0.15) is 0 Å². The van der Waals surface area contributed by atoms with Crippen molar-refractivity contribution in [2.75, 3.05) is 0 Å². The average molecular weight is 642 g/mol. The smallest absolute Gasteiger partial charge is 0.0715 e. The summed E-state index contributed by atoms with van der Waals surface area (Å²) >= 11 is 0. The molecule has 6 aromatic carbocycles. The maximum absolute atomic E-state index is 5.21. The van der Waals surface area contributed by atoms with E-state index in [1.54, 1.807) is 0 Å². The van der Waals surface area contributed by atoms with Gasteiger partial charge < -0.3 is 4.57 Å². The Labute approximate surface area is 291 Å². The summed E-state index contributed by atoms with van der Waals surface area (Å²) in [5, 5.41) is 8.84. The second kappa shape index (κ2) is 10.5. The molecule has 1 aliphatic carbocycles. The summed E-state index contributed by atoms with van der Waals surface area (Å²) in [6.07, 6.45) is 3.65. The monoisotopic (exact) mass is 641 g/mol. The zero-order valence-electron chi connectivity index (χ0n) is 28.6. The number of aromatic nitrogens is 3. The second-order valence-corrected chi connectivity index (χ2v) is 14.3. The molecule has 1 aliphatic rings. The fourth-order valence-corrected chi connectivity index (χ4v) is 8.78. The highest BCUT2D eigenvalue weighted by atomic mass is 15.0. The van der Waals surface area contributed by atoms with Gasteiger partial charge in [-0.1, -0.05) is 98.8 Å². The minimum Gasteiger partial charge on any atom is -0.313 e. The molecule has 0 amide bonds. The van der Waals surface area contributed by atoms with Gasteiger partial charge >= 0.3 is 0 Å². The van der Waals surface area contributed by atoms with Gasteiger partial charge in [-0.3, -0.25) is 4.98 Å². The summed E-state index contributed by atoms with van der Waals surface area (Å²) in [6.45, 7) is 9.31. The molecule has 238 valence electrons. The topological polar surface area (TPSA) is 30.7 Å². The molecule has 0 aliphatic heterocycles. The fraction of sp³-hybridized carbons (Fsp3) is 0.106. The molecule has 3 heteroatoms. The fourth-order valence-electron chi connectivity index (χ4n) is 8.78. The Balaban J connectivity index is 1.29. The van der Waals surface area contributed by atoms with Crippen molar-refractivity contribution in [2.45, 2.75) is 33.1 Å². The number of aryl methyl sites for hydroxylation is 1. The largest absolute Gasteiger partial charge is 0.313 e. The molecule has 0 bridgehead atoms. The van der Waals surface area contributed by atoms with E-state index in [2.05, 4.69) is 153 Å². The third-order valence-corrected chi connectivity index (χ3v) is 11.3. The van der Waals surface area contributed by atoms with E-state index in [4.69, 9.17) is 4.98 Å². The Morgan fingerprint density at radius 3 is 2.02 bits per heavy atom. The summed E-state index contributed by atoms with van der Waals surface area (Å²) in [5.41, 5.74) is 14.6. The van der Waals surface area contributed by atoms with Gasteiger partial charge in [0.05, 0.1) is 16.9 Å². The molecule has 0 spiro atoms. The second-order valence-electron chi connectivity index (χ2n) is 14.3. The van der Waals surface area contributed by atoms with E-state index in [0.29, 0.717) is 0 Å². The van der Waals surface area contributed by atoms with E-state index in [-0.39, 0.29) is 5.41 Å². The lowest BCUT2D eigenvalue weighted by Crippen LogP contribution is -2.15. The Kier molecular flexibility index (Phi) is 6.05. The average Bonchev–Trinajstić information content (AvgIpc) is 3.56. The summed E-state index contributed by atoms with van der Waals surface area (Å²) in [5.74, 6) is 0. The highest BCUT2D eigenvalue weighted by molar-refractivity contribution is 6.33. The van der Waals surface area contributed by atoms with Gasteiger partial charge in [0.15, 0.2) is 0 Å². The van der Waals surface area contributed by atoms with Crippen LogP contribution < -0.4 is 0 Å². The van der Waals surface area contributed by atoms with Gasteiger partial charge in [-0.25, -0.2) is 4.98 Å². The lowest BCUT2D eigenvalue weighted by atomic mass is 9.82. The lowest BCUT2D eigenvalue weighted by Gasteiger charge is -2.22. The summed E-state index contributed by atoms with van der Waals surface area (Å²) < 4.78 is 2.52. The minimum absolute atomic E-state index is 0.0715. The van der Waals surface area contributed by atoms with Gasteiger partial charge in [-0.05, 0) is 111 Å². The standard InChI is InChI=1S/C47H35N3/c1-28-29(2)50(31-20-21-35-34-14-9-10-17-40(34)47(3,4)41(35)26-31)46-37-16-8-6-13-33(37)39-27-38(32-12-5-7-15-36(32)45(39)44(28)46)43-19-11-18-42(49-43)30-22-24-48-25-23-30/h5-27H,1-4H3. The van der Waals surface area contributed by atoms with Crippen LogP contribution in [0.1, 0.15) is 36.2 Å². The van der Waals surface area contributed by atoms with E-state index >= 15 is 0 Å². The SMILES string of the molecule is Cc1c(C)n(-c2ccc3c(c2)C(C)(C)c2ccccc2-3)c2c3ccccc3c3cc(-c4cccc(-c5ccncc5)n4)c4ccccc4c3c12. The Hall–Kier alpha value is -6.06. The molecule has 0 atom stereocenters. The van der Waals surface area contributed by atoms with Crippen LogP contribution in [-0.4, -0.2) is 14.5 Å². The van der Waals surface area contributed by atoms with Gasteiger partial charge in [0.2, 0.25) is 0 Å². The number of pyridine rings is 2. The normalized spacial score (nSPS) is 13.4. The van der Waals surface area contributed by atoms with Crippen LogP contribution in [0, 0.1) is 13.8 Å². The third-order valence-electron chi connectivity index (χ3n) is 11.3. The van der Waals surface area contributed by atoms with Crippen LogP contribution in [0.5, 0.6) is 0 Å². The van der Waals surface area contributed by atoms with Gasteiger partial charge in [0.25, 0.3) is 0 Å². The molecule has 3 aromatic heterocycles. The van der Waals surface area contributed by atoms with E-state index in [9.17, 15) is 0 Å². The molecule has 3 nitrogen and oxygen atoms in total. The molecule has 0 fully saturated rings. The van der Waals surface area contributed by atoms with Crippen molar-refractivity contribution in [1.82, 2.24) is 14.5 Å². The molecule has 10 rings (SSSR count). The molecule has 0 unspecified atom stereocenters. The van der Waals surface area contributed by atoms with E-state index in [0.717, 1.165) is 22.5 Å². The first-order chi connectivity index (χ1) is 24.4. The number of benzene rings is 6. The van der Waals surface area contributed by atoms with Crippen molar-refractivity contribution in [3.05, 3.63) is 162 Å². The van der Waals surface area contributed by atoms with Gasteiger partial charge in [0, 0.05) is 51.1 Å². The molecule has 9 aromatic rings. The van der Waals surface area contributed by atoms with Crippen molar-refractivity contribution in [1.29, 1.82) is 0 Å². The van der Waals surface area contributed by atoms with Crippen molar-refractivity contribution in [3.8, 4) is 39.3 Å². The van der Waals surface area contributed by atoms with E-state index < -0.39 is 0 Å². The van der Waals surface area contributed by atoms with Crippen molar-refractivity contribution >= 4 is 43.2 Å². The molecule has 0 saturated heterocycles. The number of hydrogen-bond donors (Lipinski definition) is 0. The number of nitrogens with zero attached hydrogens (tertiary/aromatic N) is 3. The predicted octanol–water partition coefficient (Wildman–Crippen LogP) is 12.1. The zero-order chi connectivity index (χ0) is 33.7. The van der Waals surface area contributed by atoms with Crippen LogP contribution in [0.3, 0.4) is 0 Å². The maximum Gasteiger partial charge on any atom is 0.0715 e. The van der Waals surface area contributed by atoms with Gasteiger partial charge in [-0.15, -0.1) is 0 Å². The minimum atomic E-state index is -0.0715. The first-order valence-corrected chi connectivity index (χ1v) is 17.4. The molecule has 0 N–H and O–H groups in total. The molecule has 0 saturated carbocycles. The van der Waals surface area contributed by atoms with Crippen LogP contribution in [0.2, 0.25) is 0 Å². The molecular weight excluding hydrogens is 607 g/mol. The van der Waals surface area contributed by atoms with Gasteiger partial charge in [-0.2, -0.15) is 0 Å². The van der Waals surface area contributed by atoms with Crippen molar-refractivity contribution in [2.24, 2.45) is 0 Å². The summed E-state index contributed by atoms with van der Waals surface area (Å²) in [4.78, 5) is 9.43. The van der Waals surface area contributed by atoms with Crippen LogP contribution in [0.25, 0.3) is 82.5 Å². The van der Waals surface area contributed by atoms with Crippen LogP contribution >= 0.6 is 0 Å². The number of hydrogen-bond acceptors (Lipinski definition) is 2. The molecule has 0 radical (unpaired) electrons. The Morgan fingerprint density at radius 1 is 0.520 bits per heavy atom. The van der Waals surface area contributed by atoms with Crippen LogP contribution in [0.15, 0.2) is 140 Å². The number of rotatable bonds is 3. The Morgan fingerprint density at radius 2 is 1.20 bits per heavy atom. The van der Waals surface area contributed by atoms with Crippen molar-refractivity contribution < 1.29 is 0 Å². The summed E-state index contributed by atoms with van der Waals surface area (Å²) in [6, 6.07) is 46.6. The van der Waals surface area contributed by atoms with Crippen molar-refractivity contribution in [3.63, 3.8) is 0 Å². The quantitative estimate of drug-likeness (QED) is 0.180. The summed E-state index contributed by atoms with van der Waals surface area (Å²) in [7, 11) is 0. The molecule has 3 heterocycles. The Bertz CT molecular complexity index is 2860. The highest BCUT2D eigenvalue weighted by Gasteiger charge is 2.35. The number of fused-ring (bicyclic) bond motifs is 11. The van der Waals surface area contributed by atoms with Crippen LogP contribution in [0.4, 0.5) is 0 Å².